The molecule has 0 atom stereocenters. The number of nitriles is 1. The van der Waals surface area contributed by atoms with E-state index >= 15 is 4.39 Å². The fraction of sp³-hybridized carbons (Fsp3) is 0.292. The van der Waals surface area contributed by atoms with Crippen molar-refractivity contribution in [3.05, 3.63) is 64.2 Å². The van der Waals surface area contributed by atoms with E-state index in [0.29, 0.717) is 12.8 Å². The molecular weight excluding hydrogens is 530 g/mol. The topological polar surface area (TPSA) is 135 Å². The van der Waals surface area contributed by atoms with E-state index in [0.717, 1.165) is 25.4 Å². The van der Waals surface area contributed by atoms with Crippen LogP contribution in [0.25, 0.3) is 0 Å². The van der Waals surface area contributed by atoms with E-state index in [2.05, 4.69) is 26.6 Å². The molecule has 1 saturated carbocycles. The predicted molar refractivity (Wildman–Crippen MR) is 125 cm³/mol. The Morgan fingerprint density at radius 3 is 2.42 bits per heavy atom. The minimum absolute atomic E-state index is 0.0235. The summed E-state index contributed by atoms with van der Waals surface area (Å²) in [5, 5.41) is 18.3. The highest BCUT2D eigenvalue weighted by Gasteiger charge is 2.47. The third-order valence-electron chi connectivity index (χ3n) is 6.07. The van der Waals surface area contributed by atoms with Gasteiger partial charge in [-0.05, 0) is 50.5 Å². The standard InChI is InChI=1S/C24H19F4N5O4S/c1-12-17(20(34)31-14-5-4-6-15(9-14)38(3,35)36)22(33-32-19(12)24(26,27)28)37-21-13(2)18(25)16(10-30-21)23(11-29)7-8-23/h4-6,9-10H,7-8H2,1-3H3,(H,31,34). The summed E-state index contributed by atoms with van der Waals surface area (Å²) in [6.07, 6.45) is -1.99. The molecule has 1 aromatic carbocycles. The van der Waals surface area contributed by atoms with Crippen molar-refractivity contribution >= 4 is 21.4 Å². The first kappa shape index (κ1) is 26.9. The smallest absolute Gasteiger partial charge is 0.418 e. The van der Waals surface area contributed by atoms with Gasteiger partial charge >= 0.3 is 6.18 Å². The molecule has 0 radical (unpaired) electrons. The van der Waals surface area contributed by atoms with Gasteiger partial charge in [-0.25, -0.2) is 17.8 Å². The number of carbonyl (C=O) groups is 1. The molecule has 1 amide bonds. The molecule has 1 aliphatic carbocycles. The second-order valence-electron chi connectivity index (χ2n) is 8.82. The van der Waals surface area contributed by atoms with E-state index in [1.54, 1.807) is 0 Å². The number of hydrogen-bond acceptors (Lipinski definition) is 8. The first-order valence-electron chi connectivity index (χ1n) is 11.0. The summed E-state index contributed by atoms with van der Waals surface area (Å²) in [6, 6.07) is 7.15. The Labute approximate surface area is 214 Å². The average molecular weight is 550 g/mol. The van der Waals surface area contributed by atoms with Crippen LogP contribution in [-0.2, 0) is 21.4 Å². The molecule has 3 aromatic rings. The van der Waals surface area contributed by atoms with Crippen LogP contribution in [-0.4, -0.2) is 35.8 Å². The third kappa shape index (κ3) is 5.01. The van der Waals surface area contributed by atoms with Gasteiger partial charge in [0.25, 0.3) is 11.8 Å². The summed E-state index contributed by atoms with van der Waals surface area (Å²) >= 11 is 0. The number of halogens is 4. The van der Waals surface area contributed by atoms with Crippen LogP contribution in [0.3, 0.4) is 0 Å². The fourth-order valence-electron chi connectivity index (χ4n) is 3.77. The van der Waals surface area contributed by atoms with Crippen molar-refractivity contribution in [1.82, 2.24) is 15.2 Å². The van der Waals surface area contributed by atoms with Gasteiger partial charge in [-0.3, -0.25) is 4.79 Å². The van der Waals surface area contributed by atoms with Crippen LogP contribution in [0.5, 0.6) is 11.8 Å². The number of hydrogen-bond donors (Lipinski definition) is 1. The SMILES string of the molecule is Cc1c(Oc2nnc(C(F)(F)F)c(C)c2C(=O)Nc2cccc(S(C)(=O)=O)c2)ncc(C2(C#N)CC2)c1F. The molecule has 2 heterocycles. The predicted octanol–water partition coefficient (Wildman–Crippen LogP) is 4.65. The lowest BCUT2D eigenvalue weighted by atomic mass is 9.97. The molecule has 38 heavy (non-hydrogen) atoms. The van der Waals surface area contributed by atoms with Crippen molar-refractivity contribution in [3.8, 4) is 17.8 Å². The average Bonchev–Trinajstić information content (AvgIpc) is 3.62. The first-order chi connectivity index (χ1) is 17.7. The number of aromatic nitrogens is 3. The third-order valence-corrected chi connectivity index (χ3v) is 7.18. The van der Waals surface area contributed by atoms with Gasteiger partial charge in [0.2, 0.25) is 5.88 Å². The molecule has 0 bridgehead atoms. The van der Waals surface area contributed by atoms with Crippen molar-refractivity contribution in [2.45, 2.75) is 43.2 Å². The van der Waals surface area contributed by atoms with Crippen LogP contribution < -0.4 is 10.1 Å². The molecule has 198 valence electrons. The molecule has 1 N–H and O–H groups in total. The second-order valence-corrected chi connectivity index (χ2v) is 10.8. The Kier molecular flexibility index (Phi) is 6.60. The maximum Gasteiger partial charge on any atom is 0.435 e. The first-order valence-corrected chi connectivity index (χ1v) is 12.9. The van der Waals surface area contributed by atoms with Gasteiger partial charge in [0.15, 0.2) is 15.5 Å². The van der Waals surface area contributed by atoms with Gasteiger partial charge in [0.1, 0.15) is 11.4 Å². The quantitative estimate of drug-likeness (QED) is 0.439. The number of amides is 1. The summed E-state index contributed by atoms with van der Waals surface area (Å²) in [6.45, 7) is 2.29. The van der Waals surface area contributed by atoms with E-state index < -0.39 is 55.9 Å². The number of carbonyl (C=O) groups excluding carboxylic acids is 1. The molecule has 0 saturated heterocycles. The van der Waals surface area contributed by atoms with E-state index in [9.17, 15) is 31.6 Å². The summed E-state index contributed by atoms with van der Waals surface area (Å²) in [5.74, 6) is -2.95. The summed E-state index contributed by atoms with van der Waals surface area (Å²) < 4.78 is 84.9. The molecule has 0 spiro atoms. The number of ether oxygens (including phenoxy) is 1. The molecule has 4 rings (SSSR count). The summed E-state index contributed by atoms with van der Waals surface area (Å²) in [7, 11) is -3.64. The van der Waals surface area contributed by atoms with Crippen molar-refractivity contribution in [1.29, 1.82) is 5.26 Å². The molecule has 2 aromatic heterocycles. The Balaban J connectivity index is 1.77. The number of benzene rings is 1. The monoisotopic (exact) mass is 549 g/mol. The Morgan fingerprint density at radius 2 is 1.84 bits per heavy atom. The Morgan fingerprint density at radius 1 is 1.16 bits per heavy atom. The zero-order valence-electron chi connectivity index (χ0n) is 20.1. The number of pyridine rings is 1. The molecule has 0 unspecified atom stereocenters. The highest BCUT2D eigenvalue weighted by atomic mass is 32.2. The van der Waals surface area contributed by atoms with Gasteiger partial charge in [0.05, 0.1) is 16.4 Å². The number of nitrogens with zero attached hydrogens (tertiary/aromatic N) is 4. The largest absolute Gasteiger partial charge is 0.435 e. The molecule has 14 heteroatoms. The van der Waals surface area contributed by atoms with Crippen LogP contribution in [0.4, 0.5) is 23.2 Å². The number of nitrogens with one attached hydrogen (secondary N) is 1. The van der Waals surface area contributed by atoms with E-state index in [-0.39, 0.29) is 27.6 Å². The minimum atomic E-state index is -4.96. The zero-order chi connectivity index (χ0) is 28.0. The number of sulfone groups is 1. The zero-order valence-corrected chi connectivity index (χ0v) is 21.0. The molecule has 1 fully saturated rings. The van der Waals surface area contributed by atoms with Gasteiger partial charge in [-0.15, -0.1) is 10.2 Å². The van der Waals surface area contributed by atoms with Crippen LogP contribution in [0.15, 0.2) is 35.4 Å². The second kappa shape index (κ2) is 9.32. The van der Waals surface area contributed by atoms with Crippen molar-refractivity contribution in [2.24, 2.45) is 0 Å². The molecular formula is C24H19F4N5O4S. The number of alkyl halides is 3. The van der Waals surface area contributed by atoms with E-state index in [1.165, 1.54) is 25.1 Å². The van der Waals surface area contributed by atoms with Gasteiger partial charge in [0, 0.05) is 29.3 Å². The van der Waals surface area contributed by atoms with Gasteiger partial charge in [-0.2, -0.15) is 18.4 Å². The molecule has 0 aliphatic heterocycles. The van der Waals surface area contributed by atoms with E-state index in [1.807, 2.05) is 0 Å². The summed E-state index contributed by atoms with van der Waals surface area (Å²) in [5.41, 5.74) is -3.83. The fourth-order valence-corrected chi connectivity index (χ4v) is 4.44. The van der Waals surface area contributed by atoms with Crippen molar-refractivity contribution in [2.75, 3.05) is 11.6 Å². The highest BCUT2D eigenvalue weighted by Crippen LogP contribution is 2.49. The normalized spacial score (nSPS) is 14.5. The van der Waals surface area contributed by atoms with Crippen LogP contribution >= 0.6 is 0 Å². The Bertz CT molecular complexity index is 1610. The minimum Gasteiger partial charge on any atom is -0.418 e. The lowest BCUT2D eigenvalue weighted by Gasteiger charge is -2.17. The van der Waals surface area contributed by atoms with Gasteiger partial charge in [-0.1, -0.05) is 6.07 Å². The highest BCUT2D eigenvalue weighted by molar-refractivity contribution is 7.90. The lowest BCUT2D eigenvalue weighted by molar-refractivity contribution is -0.142. The molecule has 1 aliphatic rings. The lowest BCUT2D eigenvalue weighted by Crippen LogP contribution is -2.21. The van der Waals surface area contributed by atoms with Crippen LogP contribution in [0.2, 0.25) is 0 Å². The number of anilines is 1. The maximum atomic E-state index is 15.1. The van der Waals surface area contributed by atoms with Crippen molar-refractivity contribution in [3.63, 3.8) is 0 Å². The van der Waals surface area contributed by atoms with Crippen LogP contribution in [0.1, 0.15) is 45.6 Å². The van der Waals surface area contributed by atoms with Gasteiger partial charge < -0.3 is 10.1 Å². The summed E-state index contributed by atoms with van der Waals surface area (Å²) in [4.78, 5) is 17.0. The Hall–Kier alpha value is -4.12. The van der Waals surface area contributed by atoms with E-state index in [4.69, 9.17) is 4.74 Å². The maximum absolute atomic E-state index is 15.1. The molecule has 9 nitrogen and oxygen atoms in total. The number of rotatable bonds is 6. The van der Waals surface area contributed by atoms with Crippen LogP contribution in [0, 0.1) is 31.0 Å². The van der Waals surface area contributed by atoms with Crippen molar-refractivity contribution < 1.29 is 35.5 Å².